The molecule has 0 aromatic heterocycles. The Labute approximate surface area is 99.9 Å². The van der Waals surface area contributed by atoms with E-state index < -0.39 is 11.9 Å². The minimum absolute atomic E-state index is 0.136. The number of nitrogens with one attached hydrogen (secondary N) is 1. The van der Waals surface area contributed by atoms with Gasteiger partial charge in [0.25, 0.3) is 5.91 Å². The summed E-state index contributed by atoms with van der Waals surface area (Å²) in [6.45, 7) is 3.27. The first-order valence-corrected chi connectivity index (χ1v) is 5.28. The lowest BCUT2D eigenvalue weighted by molar-refractivity contribution is -0.128. The number of aryl methyl sites for hydroxylation is 1. The molecule has 5 heteroatoms. The summed E-state index contributed by atoms with van der Waals surface area (Å²) in [7, 11) is 0. The maximum Gasteiger partial charge on any atom is 0.258 e. The predicted molar refractivity (Wildman–Crippen MR) is 63.5 cm³/mol. The van der Waals surface area contributed by atoms with Crippen molar-refractivity contribution in [1.29, 1.82) is 0 Å². The standard InChI is InChI=1S/C12H16N2O3/c1-8-5-3-4-6-10(8)17-7-11(15)14-9(2)12(13)16/h3-6,9H,7H2,1-2H3,(H2,13,16)(H,14,15). The van der Waals surface area contributed by atoms with Crippen LogP contribution in [0.3, 0.4) is 0 Å². The van der Waals surface area contributed by atoms with Crippen LogP contribution in [0.4, 0.5) is 0 Å². The minimum Gasteiger partial charge on any atom is -0.484 e. The summed E-state index contributed by atoms with van der Waals surface area (Å²) in [4.78, 5) is 22.1. The third-order valence-corrected chi connectivity index (χ3v) is 2.26. The first-order chi connectivity index (χ1) is 8.00. The first-order valence-electron chi connectivity index (χ1n) is 5.28. The van der Waals surface area contributed by atoms with Gasteiger partial charge in [-0.05, 0) is 25.5 Å². The van der Waals surface area contributed by atoms with Crippen molar-refractivity contribution in [3.8, 4) is 5.75 Å². The number of para-hydroxylation sites is 1. The summed E-state index contributed by atoms with van der Waals surface area (Å²) in [6, 6.07) is 6.69. The molecule has 92 valence electrons. The Morgan fingerprint density at radius 3 is 2.65 bits per heavy atom. The topological polar surface area (TPSA) is 81.4 Å². The number of nitrogens with two attached hydrogens (primary N) is 1. The number of amides is 2. The van der Waals surface area contributed by atoms with Crippen molar-refractivity contribution in [2.75, 3.05) is 6.61 Å². The molecular weight excluding hydrogens is 220 g/mol. The molecule has 5 nitrogen and oxygen atoms in total. The van der Waals surface area contributed by atoms with E-state index in [0.29, 0.717) is 5.75 Å². The van der Waals surface area contributed by atoms with E-state index in [1.54, 1.807) is 6.07 Å². The summed E-state index contributed by atoms with van der Waals surface area (Å²) in [5.41, 5.74) is 5.97. The lowest BCUT2D eigenvalue weighted by Crippen LogP contribution is -2.44. The molecule has 0 aliphatic carbocycles. The molecule has 0 aliphatic heterocycles. The number of primary amides is 1. The Bertz CT molecular complexity index is 418. The summed E-state index contributed by atoms with van der Waals surface area (Å²) >= 11 is 0. The molecule has 3 N–H and O–H groups in total. The van der Waals surface area contributed by atoms with E-state index in [4.69, 9.17) is 10.5 Å². The minimum atomic E-state index is -0.692. The molecule has 1 rings (SSSR count). The molecular formula is C12H16N2O3. The quantitative estimate of drug-likeness (QED) is 0.774. The molecule has 2 amide bonds. The second-order valence-corrected chi connectivity index (χ2v) is 3.75. The maximum atomic E-state index is 11.4. The molecule has 1 aromatic rings. The van der Waals surface area contributed by atoms with Crippen LogP contribution in [0.5, 0.6) is 5.75 Å². The second-order valence-electron chi connectivity index (χ2n) is 3.75. The fourth-order valence-corrected chi connectivity index (χ4v) is 1.22. The highest BCUT2D eigenvalue weighted by atomic mass is 16.5. The van der Waals surface area contributed by atoms with Crippen LogP contribution in [0.2, 0.25) is 0 Å². The van der Waals surface area contributed by atoms with E-state index in [1.165, 1.54) is 6.92 Å². The van der Waals surface area contributed by atoms with Crippen LogP contribution in [-0.4, -0.2) is 24.5 Å². The van der Waals surface area contributed by atoms with Gasteiger partial charge < -0.3 is 15.8 Å². The molecule has 0 fully saturated rings. The normalized spacial score (nSPS) is 11.6. The van der Waals surface area contributed by atoms with Crippen molar-refractivity contribution in [3.05, 3.63) is 29.8 Å². The second kappa shape index (κ2) is 5.89. The van der Waals surface area contributed by atoms with Gasteiger partial charge >= 0.3 is 0 Å². The summed E-state index contributed by atoms with van der Waals surface area (Å²) in [5.74, 6) is -0.303. The van der Waals surface area contributed by atoms with Crippen LogP contribution in [0.1, 0.15) is 12.5 Å². The predicted octanol–water partition coefficient (Wildman–Crippen LogP) is 0.364. The van der Waals surface area contributed by atoms with Crippen LogP contribution in [0, 0.1) is 6.92 Å². The first kappa shape index (κ1) is 13.0. The third kappa shape index (κ3) is 4.14. The van der Waals surface area contributed by atoms with Crippen LogP contribution < -0.4 is 15.8 Å². The Kier molecular flexibility index (Phi) is 4.51. The number of carbonyl (C=O) groups excluding carboxylic acids is 2. The highest BCUT2D eigenvalue weighted by molar-refractivity contribution is 5.86. The summed E-state index contributed by atoms with van der Waals surface area (Å²) in [5, 5.41) is 2.43. The van der Waals surface area contributed by atoms with Gasteiger partial charge in [-0.25, -0.2) is 0 Å². The van der Waals surface area contributed by atoms with E-state index in [0.717, 1.165) is 5.56 Å². The Morgan fingerprint density at radius 2 is 2.06 bits per heavy atom. The van der Waals surface area contributed by atoms with Gasteiger partial charge in [-0.1, -0.05) is 18.2 Å². The molecule has 0 saturated heterocycles. The zero-order chi connectivity index (χ0) is 12.8. The molecule has 0 spiro atoms. The van der Waals surface area contributed by atoms with Crippen LogP contribution in [0.25, 0.3) is 0 Å². The Balaban J connectivity index is 2.44. The number of rotatable bonds is 5. The number of carbonyl (C=O) groups is 2. The SMILES string of the molecule is Cc1ccccc1OCC(=O)NC(C)C(N)=O. The van der Waals surface area contributed by atoms with Crippen molar-refractivity contribution >= 4 is 11.8 Å². The Morgan fingerprint density at radius 1 is 1.41 bits per heavy atom. The highest BCUT2D eigenvalue weighted by Gasteiger charge is 2.12. The lowest BCUT2D eigenvalue weighted by Gasteiger charge is -2.11. The average molecular weight is 236 g/mol. The zero-order valence-corrected chi connectivity index (χ0v) is 9.90. The molecule has 1 unspecified atom stereocenters. The number of hydrogen-bond acceptors (Lipinski definition) is 3. The Hall–Kier alpha value is -2.04. The van der Waals surface area contributed by atoms with E-state index >= 15 is 0 Å². The van der Waals surface area contributed by atoms with Gasteiger partial charge in [0.1, 0.15) is 11.8 Å². The van der Waals surface area contributed by atoms with Gasteiger partial charge in [-0.2, -0.15) is 0 Å². The monoisotopic (exact) mass is 236 g/mol. The van der Waals surface area contributed by atoms with Gasteiger partial charge in [-0.15, -0.1) is 0 Å². The number of hydrogen-bond donors (Lipinski definition) is 2. The highest BCUT2D eigenvalue weighted by Crippen LogP contribution is 2.15. The average Bonchev–Trinajstić information content (AvgIpc) is 2.27. The molecule has 0 bridgehead atoms. The van der Waals surface area contributed by atoms with Crippen LogP contribution >= 0.6 is 0 Å². The third-order valence-electron chi connectivity index (χ3n) is 2.26. The van der Waals surface area contributed by atoms with Gasteiger partial charge in [0.2, 0.25) is 5.91 Å². The fraction of sp³-hybridized carbons (Fsp3) is 0.333. The summed E-state index contributed by atoms with van der Waals surface area (Å²) in [6.07, 6.45) is 0. The smallest absolute Gasteiger partial charge is 0.258 e. The van der Waals surface area contributed by atoms with Crippen molar-refractivity contribution < 1.29 is 14.3 Å². The molecule has 1 atom stereocenters. The lowest BCUT2D eigenvalue weighted by atomic mass is 10.2. The van der Waals surface area contributed by atoms with Gasteiger partial charge in [0.05, 0.1) is 0 Å². The van der Waals surface area contributed by atoms with E-state index in [2.05, 4.69) is 5.32 Å². The van der Waals surface area contributed by atoms with Crippen molar-refractivity contribution in [3.63, 3.8) is 0 Å². The molecule has 0 heterocycles. The van der Waals surface area contributed by atoms with Crippen molar-refractivity contribution in [2.24, 2.45) is 5.73 Å². The fourth-order valence-electron chi connectivity index (χ4n) is 1.22. The van der Waals surface area contributed by atoms with Gasteiger partial charge in [0.15, 0.2) is 6.61 Å². The number of benzene rings is 1. The van der Waals surface area contributed by atoms with E-state index in [9.17, 15) is 9.59 Å². The van der Waals surface area contributed by atoms with Gasteiger partial charge in [-0.3, -0.25) is 9.59 Å². The molecule has 0 aliphatic rings. The zero-order valence-electron chi connectivity index (χ0n) is 9.90. The number of ether oxygens (including phenoxy) is 1. The van der Waals surface area contributed by atoms with Crippen LogP contribution in [0.15, 0.2) is 24.3 Å². The molecule has 17 heavy (non-hydrogen) atoms. The van der Waals surface area contributed by atoms with Crippen LogP contribution in [-0.2, 0) is 9.59 Å². The molecule has 0 saturated carbocycles. The van der Waals surface area contributed by atoms with Crippen molar-refractivity contribution in [2.45, 2.75) is 19.9 Å². The van der Waals surface area contributed by atoms with Gasteiger partial charge in [0, 0.05) is 0 Å². The van der Waals surface area contributed by atoms with E-state index in [-0.39, 0.29) is 12.5 Å². The summed E-state index contributed by atoms with van der Waals surface area (Å²) < 4.78 is 5.32. The molecule has 0 radical (unpaired) electrons. The largest absolute Gasteiger partial charge is 0.484 e. The van der Waals surface area contributed by atoms with E-state index in [1.807, 2.05) is 25.1 Å². The maximum absolute atomic E-state index is 11.4. The molecule has 1 aromatic carbocycles. The van der Waals surface area contributed by atoms with Crippen molar-refractivity contribution in [1.82, 2.24) is 5.32 Å².